The van der Waals surface area contributed by atoms with Gasteiger partial charge in [-0.25, -0.2) is 4.79 Å². The van der Waals surface area contributed by atoms with E-state index in [0.717, 1.165) is 5.56 Å². The molecular formula is C17H23F3N2O3. The number of hydrogen-bond acceptors (Lipinski definition) is 4. The third-order valence-corrected chi connectivity index (χ3v) is 3.88. The maximum absolute atomic E-state index is 12.3. The van der Waals surface area contributed by atoms with Crippen molar-refractivity contribution in [2.45, 2.75) is 51.5 Å². The molecule has 0 bridgehead atoms. The first-order chi connectivity index (χ1) is 11.4. The van der Waals surface area contributed by atoms with E-state index in [2.05, 4.69) is 4.74 Å². The molecule has 0 spiro atoms. The zero-order chi connectivity index (χ0) is 18.8. The Labute approximate surface area is 144 Å². The van der Waals surface area contributed by atoms with Gasteiger partial charge in [0, 0.05) is 13.1 Å². The molecule has 0 aliphatic carbocycles. The first-order valence-electron chi connectivity index (χ1n) is 8.08. The third kappa shape index (κ3) is 5.72. The van der Waals surface area contributed by atoms with Crippen LogP contribution in [0, 0.1) is 0 Å². The van der Waals surface area contributed by atoms with Gasteiger partial charge in [0.2, 0.25) is 0 Å². The Hall–Kier alpha value is -2.12. The summed E-state index contributed by atoms with van der Waals surface area (Å²) >= 11 is 0. The fourth-order valence-electron chi connectivity index (χ4n) is 2.76. The van der Waals surface area contributed by atoms with Crippen LogP contribution >= 0.6 is 0 Å². The Morgan fingerprint density at radius 2 is 1.80 bits per heavy atom. The standard InChI is InChI=1S/C17H23F3N2O3/c1-16(2,3)25-15(23)22-8-6-11(7-9-22)12-4-5-14(13(21)10-12)24-17(18,19)20/h4-5,10-11H,6-9,21H2,1-3H3. The zero-order valence-corrected chi connectivity index (χ0v) is 14.5. The zero-order valence-electron chi connectivity index (χ0n) is 14.5. The number of ether oxygens (including phenoxy) is 2. The molecular weight excluding hydrogens is 337 g/mol. The van der Waals surface area contributed by atoms with Crippen molar-refractivity contribution in [3.63, 3.8) is 0 Å². The summed E-state index contributed by atoms with van der Waals surface area (Å²) in [6, 6.07) is 4.33. The fraction of sp³-hybridized carbons (Fsp3) is 0.588. The first-order valence-corrected chi connectivity index (χ1v) is 8.08. The largest absolute Gasteiger partial charge is 0.573 e. The molecule has 1 aromatic carbocycles. The van der Waals surface area contributed by atoms with Gasteiger partial charge in [0.1, 0.15) is 5.60 Å². The number of alkyl halides is 3. The van der Waals surface area contributed by atoms with E-state index in [1.165, 1.54) is 12.1 Å². The number of nitrogen functional groups attached to an aromatic ring is 1. The Bertz CT molecular complexity index is 619. The molecule has 0 unspecified atom stereocenters. The quantitative estimate of drug-likeness (QED) is 0.800. The van der Waals surface area contributed by atoms with Crippen LogP contribution in [0.4, 0.5) is 23.7 Å². The van der Waals surface area contributed by atoms with Crippen molar-refractivity contribution in [1.82, 2.24) is 4.90 Å². The molecule has 1 heterocycles. The maximum atomic E-state index is 12.3. The highest BCUT2D eigenvalue weighted by molar-refractivity contribution is 5.68. The van der Waals surface area contributed by atoms with E-state index in [0.29, 0.717) is 25.9 Å². The molecule has 1 aliphatic heterocycles. The fourth-order valence-corrected chi connectivity index (χ4v) is 2.76. The smallest absolute Gasteiger partial charge is 0.444 e. The van der Waals surface area contributed by atoms with E-state index in [-0.39, 0.29) is 17.7 Å². The summed E-state index contributed by atoms with van der Waals surface area (Å²) < 4.78 is 46.1. The van der Waals surface area contributed by atoms with E-state index < -0.39 is 17.7 Å². The number of halogens is 3. The monoisotopic (exact) mass is 360 g/mol. The van der Waals surface area contributed by atoms with Crippen molar-refractivity contribution in [3.8, 4) is 5.75 Å². The molecule has 2 rings (SSSR count). The number of rotatable bonds is 2. The molecule has 1 aliphatic rings. The molecule has 0 saturated carbocycles. The molecule has 1 fully saturated rings. The summed E-state index contributed by atoms with van der Waals surface area (Å²) in [4.78, 5) is 13.7. The molecule has 0 atom stereocenters. The highest BCUT2D eigenvalue weighted by Crippen LogP contribution is 2.34. The van der Waals surface area contributed by atoms with Gasteiger partial charge < -0.3 is 20.1 Å². The van der Waals surface area contributed by atoms with E-state index in [1.807, 2.05) is 20.8 Å². The lowest BCUT2D eigenvalue weighted by Gasteiger charge is -2.33. The molecule has 2 N–H and O–H groups in total. The Morgan fingerprint density at radius 1 is 1.20 bits per heavy atom. The van der Waals surface area contributed by atoms with Gasteiger partial charge in [-0.15, -0.1) is 13.2 Å². The predicted molar refractivity (Wildman–Crippen MR) is 87.3 cm³/mol. The summed E-state index contributed by atoms with van der Waals surface area (Å²) in [5.41, 5.74) is 5.92. The van der Waals surface area contributed by atoms with Crippen LogP contribution in [-0.4, -0.2) is 36.0 Å². The van der Waals surface area contributed by atoms with Gasteiger partial charge in [0.25, 0.3) is 0 Å². The summed E-state index contributed by atoms with van der Waals surface area (Å²) in [6.07, 6.45) is -3.73. The van der Waals surface area contributed by atoms with Gasteiger partial charge >= 0.3 is 12.5 Å². The predicted octanol–water partition coefficient (Wildman–Crippen LogP) is 4.28. The number of nitrogens with zero attached hydrogens (tertiary/aromatic N) is 1. The number of benzene rings is 1. The van der Waals surface area contributed by atoms with Crippen LogP contribution in [0.1, 0.15) is 45.1 Å². The second-order valence-corrected chi connectivity index (χ2v) is 7.09. The number of hydrogen-bond donors (Lipinski definition) is 1. The number of piperidine rings is 1. The molecule has 0 radical (unpaired) electrons. The number of anilines is 1. The van der Waals surface area contributed by atoms with Crippen LogP contribution in [0.3, 0.4) is 0 Å². The highest BCUT2D eigenvalue weighted by atomic mass is 19.4. The number of amides is 1. The number of nitrogens with two attached hydrogens (primary N) is 1. The van der Waals surface area contributed by atoms with Crippen LogP contribution in [0.25, 0.3) is 0 Å². The Morgan fingerprint density at radius 3 is 2.28 bits per heavy atom. The van der Waals surface area contributed by atoms with Gasteiger partial charge in [-0.3, -0.25) is 0 Å². The van der Waals surface area contributed by atoms with Crippen LogP contribution in [-0.2, 0) is 4.74 Å². The van der Waals surface area contributed by atoms with Crippen molar-refractivity contribution in [2.24, 2.45) is 0 Å². The van der Waals surface area contributed by atoms with Crippen molar-refractivity contribution < 1.29 is 27.4 Å². The van der Waals surface area contributed by atoms with Gasteiger partial charge in [-0.05, 0) is 57.2 Å². The number of carbonyl (C=O) groups is 1. The average Bonchev–Trinajstić information content (AvgIpc) is 2.46. The van der Waals surface area contributed by atoms with E-state index in [1.54, 1.807) is 11.0 Å². The van der Waals surface area contributed by atoms with Crippen LogP contribution < -0.4 is 10.5 Å². The summed E-state index contributed by atoms with van der Waals surface area (Å²) in [5.74, 6) is -0.275. The van der Waals surface area contributed by atoms with Crippen molar-refractivity contribution >= 4 is 11.8 Å². The SMILES string of the molecule is CC(C)(C)OC(=O)N1CCC(c2ccc(OC(F)(F)F)c(N)c2)CC1. The molecule has 0 aromatic heterocycles. The summed E-state index contributed by atoms with van der Waals surface area (Å²) in [7, 11) is 0. The second kappa shape index (κ2) is 7.01. The molecule has 25 heavy (non-hydrogen) atoms. The minimum Gasteiger partial charge on any atom is -0.444 e. The Balaban J connectivity index is 1.97. The van der Waals surface area contributed by atoms with Crippen molar-refractivity contribution in [3.05, 3.63) is 23.8 Å². The highest BCUT2D eigenvalue weighted by Gasteiger charge is 2.32. The lowest BCUT2D eigenvalue weighted by atomic mass is 9.89. The molecule has 1 aromatic rings. The van der Waals surface area contributed by atoms with Crippen LogP contribution in [0.5, 0.6) is 5.75 Å². The van der Waals surface area contributed by atoms with Crippen molar-refractivity contribution in [1.29, 1.82) is 0 Å². The van der Waals surface area contributed by atoms with Crippen molar-refractivity contribution in [2.75, 3.05) is 18.8 Å². The first kappa shape index (κ1) is 19.2. The van der Waals surface area contributed by atoms with E-state index in [9.17, 15) is 18.0 Å². The lowest BCUT2D eigenvalue weighted by molar-refractivity contribution is -0.274. The minimum absolute atomic E-state index is 0.0515. The maximum Gasteiger partial charge on any atom is 0.573 e. The van der Waals surface area contributed by atoms with Gasteiger partial charge in [-0.2, -0.15) is 0 Å². The normalized spacial score (nSPS) is 16.6. The second-order valence-electron chi connectivity index (χ2n) is 7.09. The van der Waals surface area contributed by atoms with Gasteiger partial charge in [0.15, 0.2) is 5.75 Å². The van der Waals surface area contributed by atoms with Crippen LogP contribution in [0.2, 0.25) is 0 Å². The molecule has 1 amide bonds. The average molecular weight is 360 g/mol. The number of carbonyl (C=O) groups excluding carboxylic acids is 1. The Kier molecular flexibility index (Phi) is 5.39. The molecule has 5 nitrogen and oxygen atoms in total. The molecule has 140 valence electrons. The summed E-state index contributed by atoms with van der Waals surface area (Å²) in [5, 5.41) is 0. The van der Waals surface area contributed by atoms with E-state index >= 15 is 0 Å². The number of likely N-dealkylation sites (tertiary alicyclic amines) is 1. The van der Waals surface area contributed by atoms with Gasteiger partial charge in [-0.1, -0.05) is 6.07 Å². The minimum atomic E-state index is -4.77. The van der Waals surface area contributed by atoms with Gasteiger partial charge in [0.05, 0.1) is 5.69 Å². The van der Waals surface area contributed by atoms with Crippen LogP contribution in [0.15, 0.2) is 18.2 Å². The molecule has 1 saturated heterocycles. The molecule has 8 heteroatoms. The van der Waals surface area contributed by atoms with E-state index in [4.69, 9.17) is 10.5 Å². The summed E-state index contributed by atoms with van der Waals surface area (Å²) in [6.45, 7) is 6.49. The topological polar surface area (TPSA) is 64.8 Å². The third-order valence-electron chi connectivity index (χ3n) is 3.88. The lowest BCUT2D eigenvalue weighted by Crippen LogP contribution is -2.41.